The number of carbonyl (C=O) groups is 2. The Balaban J connectivity index is 0.000000396. The van der Waals surface area contributed by atoms with E-state index in [0.717, 1.165) is 43.7 Å². The average Bonchev–Trinajstić information content (AvgIpc) is 3.11. The molecule has 0 amide bonds. The third kappa shape index (κ3) is 7.64. The molecule has 0 saturated carbocycles. The minimum absolute atomic E-state index is 0.134. The monoisotopic (exact) mass is 448 g/mol. The number of aromatic nitrogens is 3. The molecule has 1 saturated heterocycles. The maximum absolute atomic E-state index is 10.7. The van der Waals surface area contributed by atoms with Crippen molar-refractivity contribution in [2.45, 2.75) is 25.6 Å². The summed E-state index contributed by atoms with van der Waals surface area (Å²) in [6.45, 7) is 2.60. The van der Waals surface area contributed by atoms with Crippen molar-refractivity contribution < 1.29 is 33.0 Å². The van der Waals surface area contributed by atoms with Crippen LogP contribution in [-0.2, 0) is 16.1 Å². The Morgan fingerprint density at radius 2 is 1.83 bits per heavy atom. The summed E-state index contributed by atoms with van der Waals surface area (Å²) in [5, 5.41) is 25.0. The number of likely N-dealkylation sites (tertiary alicyclic amines) is 1. The molecule has 0 atom stereocenters. The molecule has 1 aliphatic rings. The van der Waals surface area contributed by atoms with E-state index in [0.29, 0.717) is 10.9 Å². The Kier molecular flexibility index (Phi) is 8.18. The number of halogens is 4. The van der Waals surface area contributed by atoms with Crippen LogP contribution in [0.15, 0.2) is 30.5 Å². The molecule has 3 rings (SSSR count). The fraction of sp³-hybridized carbons (Fsp3) is 0.444. The van der Waals surface area contributed by atoms with Crippen molar-refractivity contribution in [3.8, 4) is 11.3 Å². The third-order valence-electron chi connectivity index (χ3n) is 4.41. The van der Waals surface area contributed by atoms with Gasteiger partial charge in [0.1, 0.15) is 5.69 Å². The van der Waals surface area contributed by atoms with Crippen molar-refractivity contribution in [2.75, 3.05) is 19.6 Å². The second-order valence-electron chi connectivity index (χ2n) is 6.75. The van der Waals surface area contributed by atoms with Crippen molar-refractivity contribution >= 4 is 23.5 Å². The number of nitrogens with zero attached hydrogens (tertiary/aromatic N) is 4. The van der Waals surface area contributed by atoms with Crippen LogP contribution in [0.5, 0.6) is 0 Å². The Morgan fingerprint density at radius 1 is 1.20 bits per heavy atom. The van der Waals surface area contributed by atoms with Crippen LogP contribution in [0.3, 0.4) is 0 Å². The summed E-state index contributed by atoms with van der Waals surface area (Å²) in [4.78, 5) is 21.6. The molecule has 1 aliphatic heterocycles. The van der Waals surface area contributed by atoms with Gasteiger partial charge in [-0.05, 0) is 44.0 Å². The van der Waals surface area contributed by atoms with Crippen molar-refractivity contribution in [1.29, 1.82) is 0 Å². The number of aliphatic carboxylic acids is 2. The first-order chi connectivity index (χ1) is 14.0. The lowest BCUT2D eigenvalue weighted by Gasteiger charge is -2.30. The lowest BCUT2D eigenvalue weighted by Crippen LogP contribution is -2.38. The minimum atomic E-state index is -5.08. The summed E-state index contributed by atoms with van der Waals surface area (Å²) in [5.41, 5.74) is 1.77. The number of alkyl halides is 3. The zero-order valence-electron chi connectivity index (χ0n) is 15.7. The standard InChI is InChI=1S/C16H19ClN4O2.C2HF3O2/c17-14-3-1-2-13(8-14)15-10-21(19-18-15)9-12-4-6-20(7-5-12)11-16(22)23;3-2(4,5)1(6)7/h1-3,8,10,12H,4-7,9,11H2,(H,22,23);(H,6,7). The van der Waals surface area contributed by atoms with Gasteiger partial charge in [0.05, 0.1) is 12.7 Å². The number of benzene rings is 1. The summed E-state index contributed by atoms with van der Waals surface area (Å²) in [6.07, 6.45) is -1.17. The maximum Gasteiger partial charge on any atom is 0.490 e. The number of hydrogen-bond acceptors (Lipinski definition) is 5. The first kappa shape index (κ1) is 23.6. The fourth-order valence-corrected chi connectivity index (χ4v) is 3.14. The fourth-order valence-electron chi connectivity index (χ4n) is 2.95. The molecule has 2 N–H and O–H groups in total. The molecule has 2 aromatic rings. The molecule has 0 unspecified atom stereocenters. The molecule has 0 aliphatic carbocycles. The first-order valence-electron chi connectivity index (χ1n) is 8.95. The first-order valence-corrected chi connectivity index (χ1v) is 9.32. The minimum Gasteiger partial charge on any atom is -0.480 e. The highest BCUT2D eigenvalue weighted by Crippen LogP contribution is 2.22. The van der Waals surface area contributed by atoms with Crippen molar-refractivity contribution in [2.24, 2.45) is 5.92 Å². The Bertz CT molecular complexity index is 867. The lowest BCUT2D eigenvalue weighted by atomic mass is 9.97. The lowest BCUT2D eigenvalue weighted by molar-refractivity contribution is -0.192. The van der Waals surface area contributed by atoms with Crippen molar-refractivity contribution in [3.63, 3.8) is 0 Å². The maximum atomic E-state index is 10.7. The van der Waals surface area contributed by atoms with Crippen LogP contribution >= 0.6 is 11.6 Å². The van der Waals surface area contributed by atoms with Gasteiger partial charge in [-0.25, -0.2) is 4.79 Å². The van der Waals surface area contributed by atoms with E-state index >= 15 is 0 Å². The number of carboxylic acid groups (broad SMARTS) is 2. The van der Waals surface area contributed by atoms with E-state index in [1.807, 2.05) is 40.0 Å². The normalized spacial score (nSPS) is 15.3. The van der Waals surface area contributed by atoms with E-state index in [-0.39, 0.29) is 6.54 Å². The van der Waals surface area contributed by atoms with Crippen LogP contribution in [0.4, 0.5) is 13.2 Å². The Morgan fingerprint density at radius 3 is 2.37 bits per heavy atom. The number of rotatable bonds is 5. The van der Waals surface area contributed by atoms with Gasteiger partial charge in [-0.2, -0.15) is 13.2 Å². The van der Waals surface area contributed by atoms with Crippen LogP contribution in [0.2, 0.25) is 5.02 Å². The van der Waals surface area contributed by atoms with Crippen molar-refractivity contribution in [1.82, 2.24) is 19.9 Å². The van der Waals surface area contributed by atoms with E-state index < -0.39 is 18.1 Å². The molecule has 1 fully saturated rings. The Labute approximate surface area is 174 Å². The van der Waals surface area contributed by atoms with Gasteiger partial charge < -0.3 is 10.2 Å². The second kappa shape index (κ2) is 10.4. The van der Waals surface area contributed by atoms with E-state index in [9.17, 15) is 18.0 Å². The van der Waals surface area contributed by atoms with Crippen LogP contribution in [0.1, 0.15) is 12.8 Å². The summed E-state index contributed by atoms with van der Waals surface area (Å²) in [7, 11) is 0. The SMILES string of the molecule is O=C(O)C(F)(F)F.O=C(O)CN1CCC(Cn2cc(-c3cccc(Cl)c3)nn2)CC1. The van der Waals surface area contributed by atoms with Gasteiger partial charge in [0, 0.05) is 17.1 Å². The largest absolute Gasteiger partial charge is 0.490 e. The zero-order chi connectivity index (χ0) is 22.3. The predicted molar refractivity (Wildman–Crippen MR) is 101 cm³/mol. The number of hydrogen-bond donors (Lipinski definition) is 2. The van der Waals surface area contributed by atoms with Gasteiger partial charge >= 0.3 is 18.1 Å². The van der Waals surface area contributed by atoms with E-state index in [1.54, 1.807) is 0 Å². The van der Waals surface area contributed by atoms with E-state index in [4.69, 9.17) is 26.6 Å². The third-order valence-corrected chi connectivity index (χ3v) is 4.65. The van der Waals surface area contributed by atoms with Crippen molar-refractivity contribution in [3.05, 3.63) is 35.5 Å². The highest BCUT2D eigenvalue weighted by Gasteiger charge is 2.38. The van der Waals surface area contributed by atoms with Crippen LogP contribution in [0, 0.1) is 5.92 Å². The molecule has 1 aromatic carbocycles. The molecular formula is C18H20ClF3N4O4. The summed E-state index contributed by atoms with van der Waals surface area (Å²) in [5.74, 6) is -3.01. The van der Waals surface area contributed by atoms with Gasteiger partial charge in [0.15, 0.2) is 0 Å². The van der Waals surface area contributed by atoms with Crippen LogP contribution in [-0.4, -0.2) is 67.9 Å². The Hall–Kier alpha value is -2.66. The molecule has 164 valence electrons. The molecule has 12 heteroatoms. The molecule has 0 radical (unpaired) electrons. The van der Waals surface area contributed by atoms with Gasteiger partial charge in [0.2, 0.25) is 0 Å². The molecule has 0 spiro atoms. The van der Waals surface area contributed by atoms with E-state index in [1.165, 1.54) is 0 Å². The van der Waals surface area contributed by atoms with Gasteiger partial charge in [-0.3, -0.25) is 14.4 Å². The molecule has 1 aromatic heterocycles. The number of carboxylic acids is 2. The van der Waals surface area contributed by atoms with E-state index in [2.05, 4.69) is 10.3 Å². The molecule has 0 bridgehead atoms. The topological polar surface area (TPSA) is 109 Å². The van der Waals surface area contributed by atoms with Gasteiger partial charge in [0.25, 0.3) is 0 Å². The summed E-state index contributed by atoms with van der Waals surface area (Å²) >= 11 is 6.01. The second-order valence-corrected chi connectivity index (χ2v) is 7.19. The summed E-state index contributed by atoms with van der Waals surface area (Å²) in [6, 6.07) is 7.57. The van der Waals surface area contributed by atoms with Gasteiger partial charge in [-0.15, -0.1) is 5.10 Å². The highest BCUT2D eigenvalue weighted by molar-refractivity contribution is 6.30. The van der Waals surface area contributed by atoms with Gasteiger partial charge in [-0.1, -0.05) is 28.9 Å². The summed E-state index contributed by atoms with van der Waals surface area (Å²) < 4.78 is 33.6. The zero-order valence-corrected chi connectivity index (χ0v) is 16.5. The quantitative estimate of drug-likeness (QED) is 0.723. The van der Waals surface area contributed by atoms with Crippen LogP contribution in [0.25, 0.3) is 11.3 Å². The molecule has 2 heterocycles. The number of piperidine rings is 1. The molecule has 8 nitrogen and oxygen atoms in total. The molecular weight excluding hydrogens is 429 g/mol. The smallest absolute Gasteiger partial charge is 0.480 e. The average molecular weight is 449 g/mol. The predicted octanol–water partition coefficient (Wildman–Crippen LogP) is 3.03. The highest BCUT2D eigenvalue weighted by atomic mass is 35.5. The van der Waals surface area contributed by atoms with Crippen LogP contribution < -0.4 is 0 Å². The molecule has 30 heavy (non-hydrogen) atoms.